The van der Waals surface area contributed by atoms with Crippen molar-refractivity contribution in [3.63, 3.8) is 0 Å². The summed E-state index contributed by atoms with van der Waals surface area (Å²) < 4.78 is 9.99. The lowest BCUT2D eigenvalue weighted by molar-refractivity contribution is -0.121. The number of hydrogen-bond acceptors (Lipinski definition) is 5. The number of hydrogen-bond donors (Lipinski definition) is 1. The van der Waals surface area contributed by atoms with Gasteiger partial charge in [0.15, 0.2) is 0 Å². The average Bonchev–Trinajstić information content (AvgIpc) is 2.46. The van der Waals surface area contributed by atoms with Crippen LogP contribution in [-0.2, 0) is 14.3 Å². The van der Waals surface area contributed by atoms with Crippen molar-refractivity contribution >= 4 is 23.4 Å². The standard InChI is InChI=1S/C14H18N2O3S/c1-18-8-9-19-11-14(17)16-12-5-2-3-6-13(12)20-10-4-7-15/h2-3,5-6H,4,8-11H2,1H3,(H,16,17). The fraction of sp³-hybridized carbons (Fsp3) is 0.429. The van der Waals surface area contributed by atoms with Crippen LogP contribution in [-0.4, -0.2) is 38.6 Å². The molecule has 20 heavy (non-hydrogen) atoms. The summed E-state index contributed by atoms with van der Waals surface area (Å²) in [6.07, 6.45) is 0.479. The van der Waals surface area contributed by atoms with Gasteiger partial charge in [0.25, 0.3) is 0 Å². The summed E-state index contributed by atoms with van der Waals surface area (Å²) in [4.78, 5) is 12.7. The van der Waals surface area contributed by atoms with Crippen LogP contribution in [0.25, 0.3) is 0 Å². The number of nitriles is 1. The van der Waals surface area contributed by atoms with Gasteiger partial charge in [-0.15, -0.1) is 11.8 Å². The predicted octanol–water partition coefficient (Wildman–Crippen LogP) is 2.29. The van der Waals surface area contributed by atoms with Crippen molar-refractivity contribution in [1.29, 1.82) is 5.26 Å². The molecular weight excluding hydrogens is 276 g/mol. The average molecular weight is 294 g/mol. The van der Waals surface area contributed by atoms with Crippen LogP contribution in [0.2, 0.25) is 0 Å². The van der Waals surface area contributed by atoms with Gasteiger partial charge in [0.2, 0.25) is 5.91 Å². The van der Waals surface area contributed by atoms with Gasteiger partial charge in [-0.1, -0.05) is 12.1 Å². The van der Waals surface area contributed by atoms with E-state index in [-0.39, 0.29) is 12.5 Å². The molecule has 0 heterocycles. The summed E-state index contributed by atoms with van der Waals surface area (Å²) in [6, 6.07) is 9.61. The molecule has 1 N–H and O–H groups in total. The number of anilines is 1. The van der Waals surface area contributed by atoms with Gasteiger partial charge >= 0.3 is 0 Å². The molecule has 0 fully saturated rings. The van der Waals surface area contributed by atoms with E-state index in [9.17, 15) is 4.79 Å². The molecule has 1 aromatic carbocycles. The number of para-hydroxylation sites is 1. The normalized spacial score (nSPS) is 10.0. The molecule has 0 saturated heterocycles. The van der Waals surface area contributed by atoms with Crippen molar-refractivity contribution < 1.29 is 14.3 Å². The van der Waals surface area contributed by atoms with Crippen molar-refractivity contribution in [3.05, 3.63) is 24.3 Å². The molecule has 1 rings (SSSR count). The van der Waals surface area contributed by atoms with E-state index in [1.54, 1.807) is 18.9 Å². The Bertz CT molecular complexity index is 460. The molecule has 1 amide bonds. The van der Waals surface area contributed by atoms with Crippen molar-refractivity contribution in [2.45, 2.75) is 11.3 Å². The van der Waals surface area contributed by atoms with E-state index in [1.807, 2.05) is 24.3 Å². The maximum atomic E-state index is 11.7. The minimum Gasteiger partial charge on any atom is -0.382 e. The smallest absolute Gasteiger partial charge is 0.250 e. The maximum Gasteiger partial charge on any atom is 0.250 e. The fourth-order valence-corrected chi connectivity index (χ4v) is 2.26. The second-order valence-corrected chi connectivity index (χ2v) is 4.98. The number of carbonyl (C=O) groups is 1. The molecule has 0 unspecified atom stereocenters. The summed E-state index contributed by atoms with van der Waals surface area (Å²) in [5, 5.41) is 11.3. The second kappa shape index (κ2) is 10.3. The predicted molar refractivity (Wildman–Crippen MR) is 78.7 cm³/mol. The zero-order valence-corrected chi connectivity index (χ0v) is 12.2. The summed E-state index contributed by atoms with van der Waals surface area (Å²) in [7, 11) is 1.58. The number of benzene rings is 1. The molecule has 0 aliphatic carbocycles. The zero-order chi connectivity index (χ0) is 14.6. The van der Waals surface area contributed by atoms with E-state index >= 15 is 0 Å². The summed E-state index contributed by atoms with van der Waals surface area (Å²) >= 11 is 1.55. The Morgan fingerprint density at radius 3 is 2.95 bits per heavy atom. The van der Waals surface area contributed by atoms with Gasteiger partial charge in [0.1, 0.15) is 6.61 Å². The largest absolute Gasteiger partial charge is 0.382 e. The van der Waals surface area contributed by atoms with Crippen molar-refractivity contribution in [3.8, 4) is 6.07 Å². The number of methoxy groups -OCH3 is 1. The van der Waals surface area contributed by atoms with Crippen LogP contribution < -0.4 is 5.32 Å². The molecular formula is C14H18N2O3S. The lowest BCUT2D eigenvalue weighted by Gasteiger charge is -2.10. The maximum absolute atomic E-state index is 11.7. The highest BCUT2D eigenvalue weighted by Crippen LogP contribution is 2.27. The molecule has 5 nitrogen and oxygen atoms in total. The first-order valence-corrected chi connectivity index (χ1v) is 7.21. The SMILES string of the molecule is COCCOCC(=O)Nc1ccccc1SCCC#N. The first-order valence-electron chi connectivity index (χ1n) is 6.23. The lowest BCUT2D eigenvalue weighted by Crippen LogP contribution is -2.20. The van der Waals surface area contributed by atoms with Crippen molar-refractivity contribution in [2.24, 2.45) is 0 Å². The highest BCUT2D eigenvalue weighted by Gasteiger charge is 2.07. The van der Waals surface area contributed by atoms with Gasteiger partial charge in [-0.3, -0.25) is 4.79 Å². The van der Waals surface area contributed by atoms with Gasteiger partial charge in [0.05, 0.1) is 25.0 Å². The van der Waals surface area contributed by atoms with E-state index in [2.05, 4.69) is 11.4 Å². The number of rotatable bonds is 9. The molecule has 1 aromatic rings. The molecule has 0 spiro atoms. The Hall–Kier alpha value is -1.55. The monoisotopic (exact) mass is 294 g/mol. The van der Waals surface area contributed by atoms with Gasteiger partial charge in [-0.25, -0.2) is 0 Å². The molecule has 6 heteroatoms. The summed E-state index contributed by atoms with van der Waals surface area (Å²) in [5.41, 5.74) is 0.746. The van der Waals surface area contributed by atoms with Gasteiger partial charge < -0.3 is 14.8 Å². The van der Waals surface area contributed by atoms with Crippen LogP contribution in [0.4, 0.5) is 5.69 Å². The van der Waals surface area contributed by atoms with E-state index < -0.39 is 0 Å². The third kappa shape index (κ3) is 6.57. The second-order valence-electron chi connectivity index (χ2n) is 3.85. The minimum absolute atomic E-state index is 0.000552. The van der Waals surface area contributed by atoms with E-state index in [0.717, 1.165) is 10.6 Å². The van der Waals surface area contributed by atoms with Crippen molar-refractivity contribution in [2.75, 3.05) is 38.0 Å². The number of nitrogens with one attached hydrogen (secondary N) is 1. The Morgan fingerprint density at radius 1 is 1.40 bits per heavy atom. The van der Waals surface area contributed by atoms with Crippen LogP contribution >= 0.6 is 11.8 Å². The molecule has 0 aliphatic rings. The van der Waals surface area contributed by atoms with Crippen LogP contribution in [0.3, 0.4) is 0 Å². The number of carbonyl (C=O) groups excluding carboxylic acids is 1. The Labute approximate surface area is 123 Å². The first-order chi connectivity index (χ1) is 9.77. The van der Waals surface area contributed by atoms with Crippen molar-refractivity contribution in [1.82, 2.24) is 0 Å². The van der Waals surface area contributed by atoms with Gasteiger partial charge in [0, 0.05) is 24.2 Å². The highest BCUT2D eigenvalue weighted by molar-refractivity contribution is 7.99. The third-order valence-corrected chi connectivity index (χ3v) is 3.37. The highest BCUT2D eigenvalue weighted by atomic mass is 32.2. The molecule has 0 aromatic heterocycles. The number of thioether (sulfide) groups is 1. The van der Waals surface area contributed by atoms with E-state index in [4.69, 9.17) is 14.7 Å². The molecule has 108 valence electrons. The molecule has 0 saturated carbocycles. The van der Waals surface area contributed by atoms with E-state index in [1.165, 1.54) is 0 Å². The molecule has 0 radical (unpaired) electrons. The molecule has 0 aliphatic heterocycles. The third-order valence-electron chi connectivity index (χ3n) is 2.30. The van der Waals surface area contributed by atoms with Gasteiger partial charge in [-0.2, -0.15) is 5.26 Å². The fourth-order valence-electron chi connectivity index (χ4n) is 1.40. The minimum atomic E-state index is -0.200. The zero-order valence-electron chi connectivity index (χ0n) is 11.4. The lowest BCUT2D eigenvalue weighted by atomic mass is 10.3. The number of amides is 1. The Balaban J connectivity index is 2.45. The summed E-state index contributed by atoms with van der Waals surface area (Å²) in [6.45, 7) is 0.858. The molecule has 0 atom stereocenters. The van der Waals surface area contributed by atoms with Crippen LogP contribution in [0.5, 0.6) is 0 Å². The Kier molecular flexibility index (Phi) is 8.47. The number of ether oxygens (including phenoxy) is 2. The topological polar surface area (TPSA) is 71.3 Å². The van der Waals surface area contributed by atoms with Gasteiger partial charge in [-0.05, 0) is 12.1 Å². The van der Waals surface area contributed by atoms with Crippen LogP contribution in [0, 0.1) is 11.3 Å². The first kappa shape index (κ1) is 16.5. The number of nitrogens with zero attached hydrogens (tertiary/aromatic N) is 1. The summed E-state index contributed by atoms with van der Waals surface area (Å²) in [5.74, 6) is 0.503. The van der Waals surface area contributed by atoms with E-state index in [0.29, 0.717) is 25.4 Å². The quantitative estimate of drug-likeness (QED) is 0.559. The Morgan fingerprint density at radius 2 is 2.20 bits per heavy atom. The molecule has 0 bridgehead atoms. The van der Waals surface area contributed by atoms with Crippen LogP contribution in [0.1, 0.15) is 6.42 Å². The van der Waals surface area contributed by atoms with Crippen LogP contribution in [0.15, 0.2) is 29.2 Å².